The maximum atomic E-state index is 13.0. The zero-order chi connectivity index (χ0) is 23.4. The van der Waals surface area contributed by atoms with E-state index in [1.807, 2.05) is 6.07 Å². The van der Waals surface area contributed by atoms with E-state index in [1.165, 1.54) is 38.8 Å². The SMILES string of the molecule is Cn1c(=O)n(C2CCC(=O)NC2=O)c2ccc(N3CC4(CCN(C5CCNCC5)CC4)C3)cc21. The molecule has 0 aliphatic carbocycles. The van der Waals surface area contributed by atoms with Crippen LogP contribution in [0, 0.1) is 5.41 Å². The van der Waals surface area contributed by atoms with Crippen LogP contribution in [0.4, 0.5) is 5.69 Å². The molecular formula is C25H34N6O3. The first-order chi connectivity index (χ1) is 16.4. The normalized spacial score (nSPS) is 26.1. The topological polar surface area (TPSA) is 91.6 Å². The number of imide groups is 1. The van der Waals surface area contributed by atoms with E-state index < -0.39 is 11.9 Å². The lowest BCUT2D eigenvalue weighted by molar-refractivity contribution is -0.135. The zero-order valence-electron chi connectivity index (χ0n) is 19.9. The molecule has 4 aliphatic rings. The van der Waals surface area contributed by atoms with Gasteiger partial charge in [-0.05, 0) is 76.5 Å². The number of likely N-dealkylation sites (tertiary alicyclic amines) is 1. The van der Waals surface area contributed by atoms with Crippen molar-refractivity contribution in [1.29, 1.82) is 0 Å². The number of hydrogen-bond donors (Lipinski definition) is 2. The summed E-state index contributed by atoms with van der Waals surface area (Å²) >= 11 is 0. The molecule has 34 heavy (non-hydrogen) atoms. The largest absolute Gasteiger partial charge is 0.370 e. The lowest BCUT2D eigenvalue weighted by Crippen LogP contribution is -2.61. The van der Waals surface area contributed by atoms with Crippen LogP contribution < -0.4 is 21.2 Å². The molecule has 1 unspecified atom stereocenters. The number of anilines is 1. The van der Waals surface area contributed by atoms with Crippen molar-refractivity contribution >= 4 is 28.5 Å². The highest BCUT2D eigenvalue weighted by Crippen LogP contribution is 2.43. The van der Waals surface area contributed by atoms with Crippen LogP contribution in [0.1, 0.15) is 44.6 Å². The van der Waals surface area contributed by atoms with Crippen molar-refractivity contribution in [1.82, 2.24) is 24.7 Å². The van der Waals surface area contributed by atoms with Gasteiger partial charge in [-0.15, -0.1) is 0 Å². The predicted molar refractivity (Wildman–Crippen MR) is 130 cm³/mol. The van der Waals surface area contributed by atoms with Gasteiger partial charge in [0.15, 0.2) is 0 Å². The number of aryl methyl sites for hydroxylation is 1. The summed E-state index contributed by atoms with van der Waals surface area (Å²) in [4.78, 5) is 42.1. The van der Waals surface area contributed by atoms with Crippen LogP contribution in [0.5, 0.6) is 0 Å². The quantitative estimate of drug-likeness (QED) is 0.655. The van der Waals surface area contributed by atoms with E-state index in [0.717, 1.165) is 48.9 Å². The van der Waals surface area contributed by atoms with Crippen molar-refractivity contribution in [2.45, 2.75) is 50.6 Å². The molecule has 9 nitrogen and oxygen atoms in total. The Morgan fingerprint density at radius 3 is 2.41 bits per heavy atom. The molecule has 1 atom stereocenters. The highest BCUT2D eigenvalue weighted by Gasteiger charge is 2.45. The van der Waals surface area contributed by atoms with Gasteiger partial charge in [-0.25, -0.2) is 4.79 Å². The third-order valence-corrected chi connectivity index (χ3v) is 8.70. The summed E-state index contributed by atoms with van der Waals surface area (Å²) in [6.45, 7) is 6.86. The molecule has 4 aliphatic heterocycles. The summed E-state index contributed by atoms with van der Waals surface area (Å²) < 4.78 is 3.17. The monoisotopic (exact) mass is 466 g/mol. The number of nitrogens with zero attached hydrogens (tertiary/aromatic N) is 4. The molecule has 1 spiro atoms. The first kappa shape index (κ1) is 21.9. The average Bonchev–Trinajstić information content (AvgIpc) is 3.08. The Balaban J connectivity index is 1.17. The van der Waals surface area contributed by atoms with Crippen LogP contribution in [0.2, 0.25) is 0 Å². The van der Waals surface area contributed by atoms with E-state index in [9.17, 15) is 14.4 Å². The van der Waals surface area contributed by atoms with E-state index in [4.69, 9.17) is 0 Å². The van der Waals surface area contributed by atoms with Gasteiger partial charge in [-0.3, -0.25) is 24.0 Å². The maximum absolute atomic E-state index is 13.0. The number of fused-ring (bicyclic) bond motifs is 1. The summed E-state index contributed by atoms with van der Waals surface area (Å²) in [5.74, 6) is -0.666. The number of hydrogen-bond acceptors (Lipinski definition) is 6. The van der Waals surface area contributed by atoms with Crippen molar-refractivity contribution in [2.75, 3.05) is 44.2 Å². The second-order valence-electron chi connectivity index (χ2n) is 10.7. The molecule has 9 heteroatoms. The summed E-state index contributed by atoms with van der Waals surface area (Å²) in [5, 5.41) is 5.84. The first-order valence-electron chi connectivity index (χ1n) is 12.7. The fourth-order valence-electron chi connectivity index (χ4n) is 6.58. The van der Waals surface area contributed by atoms with E-state index in [1.54, 1.807) is 16.2 Å². The summed E-state index contributed by atoms with van der Waals surface area (Å²) in [6.07, 6.45) is 5.68. The Morgan fingerprint density at radius 2 is 1.71 bits per heavy atom. The van der Waals surface area contributed by atoms with Gasteiger partial charge in [0.1, 0.15) is 6.04 Å². The number of amides is 2. The first-order valence-corrected chi connectivity index (χ1v) is 12.7. The van der Waals surface area contributed by atoms with Gasteiger partial charge in [-0.1, -0.05) is 0 Å². The van der Waals surface area contributed by atoms with Crippen molar-refractivity contribution in [3.8, 4) is 0 Å². The fourth-order valence-corrected chi connectivity index (χ4v) is 6.58. The Labute approximate surface area is 199 Å². The molecule has 0 saturated carbocycles. The number of nitrogens with one attached hydrogen (secondary N) is 2. The molecule has 4 fully saturated rings. The molecule has 4 saturated heterocycles. The number of benzene rings is 1. The van der Waals surface area contributed by atoms with E-state index in [2.05, 4.69) is 32.6 Å². The molecule has 1 aromatic heterocycles. The Kier molecular flexibility index (Phi) is 5.29. The number of carbonyl (C=O) groups is 2. The molecule has 0 radical (unpaired) electrons. The van der Waals surface area contributed by atoms with Crippen molar-refractivity contribution < 1.29 is 9.59 Å². The Bertz CT molecular complexity index is 1180. The van der Waals surface area contributed by atoms with E-state index in [-0.39, 0.29) is 18.0 Å². The highest BCUT2D eigenvalue weighted by molar-refractivity contribution is 6.00. The van der Waals surface area contributed by atoms with Gasteiger partial charge >= 0.3 is 5.69 Å². The molecule has 1 aromatic carbocycles. The van der Waals surface area contributed by atoms with E-state index >= 15 is 0 Å². The van der Waals surface area contributed by atoms with Crippen LogP contribution in [-0.4, -0.2) is 71.2 Å². The Morgan fingerprint density at radius 1 is 0.971 bits per heavy atom. The molecule has 2 N–H and O–H groups in total. The molecule has 2 amide bonds. The van der Waals surface area contributed by atoms with Gasteiger partial charge in [0.25, 0.3) is 0 Å². The number of imidazole rings is 1. The van der Waals surface area contributed by atoms with Crippen molar-refractivity contribution in [2.24, 2.45) is 12.5 Å². The average molecular weight is 467 g/mol. The number of piperidine rings is 3. The van der Waals surface area contributed by atoms with Crippen LogP contribution in [0.15, 0.2) is 23.0 Å². The molecule has 5 heterocycles. The second kappa shape index (κ2) is 8.23. The van der Waals surface area contributed by atoms with E-state index in [0.29, 0.717) is 11.8 Å². The van der Waals surface area contributed by atoms with Gasteiger partial charge in [-0.2, -0.15) is 0 Å². The fraction of sp³-hybridized carbons (Fsp3) is 0.640. The molecule has 2 aromatic rings. The van der Waals surface area contributed by atoms with Gasteiger partial charge < -0.3 is 15.1 Å². The summed E-state index contributed by atoms with van der Waals surface area (Å²) in [6, 6.07) is 6.22. The van der Waals surface area contributed by atoms with Crippen LogP contribution in [-0.2, 0) is 16.6 Å². The molecule has 6 rings (SSSR count). The third-order valence-electron chi connectivity index (χ3n) is 8.70. The van der Waals surface area contributed by atoms with Crippen molar-refractivity contribution in [3.63, 3.8) is 0 Å². The lowest BCUT2D eigenvalue weighted by atomic mass is 9.71. The standard InChI is InChI=1S/C25H34N6O3/c1-28-21-14-18(2-3-19(21)31(24(28)34)20-4-5-22(32)27-23(20)33)30-15-25(16-30)8-12-29(13-9-25)17-6-10-26-11-7-17/h2-3,14,17,20,26H,4-13,15-16H2,1H3,(H,27,32,33). The number of carbonyl (C=O) groups excluding carboxylic acids is 2. The minimum atomic E-state index is -0.642. The molecule has 182 valence electrons. The Hall–Kier alpha value is -2.65. The van der Waals surface area contributed by atoms with Crippen LogP contribution in [0.3, 0.4) is 0 Å². The third kappa shape index (κ3) is 3.56. The predicted octanol–water partition coefficient (Wildman–Crippen LogP) is 0.972. The minimum absolute atomic E-state index is 0.216. The molecular weight excluding hydrogens is 432 g/mol. The zero-order valence-corrected chi connectivity index (χ0v) is 19.9. The summed E-state index contributed by atoms with van der Waals surface area (Å²) in [7, 11) is 1.75. The smallest absolute Gasteiger partial charge is 0.329 e. The second-order valence-corrected chi connectivity index (χ2v) is 10.7. The maximum Gasteiger partial charge on any atom is 0.329 e. The van der Waals surface area contributed by atoms with Gasteiger partial charge in [0, 0.05) is 43.7 Å². The minimum Gasteiger partial charge on any atom is -0.370 e. The van der Waals surface area contributed by atoms with Gasteiger partial charge in [0.05, 0.1) is 11.0 Å². The molecule has 0 bridgehead atoms. The van der Waals surface area contributed by atoms with Crippen LogP contribution >= 0.6 is 0 Å². The van der Waals surface area contributed by atoms with Gasteiger partial charge in [0.2, 0.25) is 11.8 Å². The lowest BCUT2D eigenvalue weighted by Gasteiger charge is -2.56. The van der Waals surface area contributed by atoms with Crippen LogP contribution in [0.25, 0.3) is 11.0 Å². The number of rotatable bonds is 3. The highest BCUT2D eigenvalue weighted by atomic mass is 16.2. The number of aromatic nitrogens is 2. The van der Waals surface area contributed by atoms with Crippen molar-refractivity contribution in [3.05, 3.63) is 28.7 Å². The summed E-state index contributed by atoms with van der Waals surface area (Å²) in [5.41, 5.74) is 2.91.